The molecule has 0 saturated heterocycles. The number of nitrogens with zero attached hydrogens (tertiary/aromatic N) is 1. The van der Waals surface area contributed by atoms with Crippen LogP contribution in [0.4, 0.5) is 0 Å². The van der Waals surface area contributed by atoms with Crippen molar-refractivity contribution in [2.75, 3.05) is 13.2 Å². The van der Waals surface area contributed by atoms with Gasteiger partial charge < -0.3 is 0 Å². The lowest BCUT2D eigenvalue weighted by atomic mass is 10.3. The molecule has 0 rings (SSSR count). The van der Waals surface area contributed by atoms with Crippen molar-refractivity contribution in [3.05, 3.63) is 6.92 Å². The molecule has 0 amide bonds. The maximum absolute atomic E-state index is 5.36. The molecule has 4 heteroatoms. The van der Waals surface area contributed by atoms with Gasteiger partial charge in [-0.05, 0) is 26.7 Å². The van der Waals surface area contributed by atoms with Crippen LogP contribution in [0.3, 0.4) is 0 Å². The zero-order valence-electron chi connectivity index (χ0n) is 9.58. The lowest BCUT2D eigenvalue weighted by molar-refractivity contribution is -0.278. The number of hydroxylamine groups is 1. The van der Waals surface area contributed by atoms with Crippen LogP contribution in [0.1, 0.15) is 40.0 Å². The summed E-state index contributed by atoms with van der Waals surface area (Å²) in [4.78, 5) is 10.6. The summed E-state index contributed by atoms with van der Waals surface area (Å²) in [5.74, 6) is 0. The van der Waals surface area contributed by atoms with Gasteiger partial charge in [-0.25, -0.2) is 0 Å². The van der Waals surface area contributed by atoms with Crippen LogP contribution in [-0.4, -0.2) is 24.4 Å². The average molecular weight is 203 g/mol. The Morgan fingerprint density at radius 1 is 1.43 bits per heavy atom. The van der Waals surface area contributed by atoms with Gasteiger partial charge in [-0.15, -0.1) is 10.8 Å². The molecule has 0 spiro atoms. The minimum absolute atomic E-state index is 0.179. The number of hydrazine groups is 1. The summed E-state index contributed by atoms with van der Waals surface area (Å²) in [6.07, 6.45) is 3.31. The molecule has 0 aliphatic rings. The summed E-state index contributed by atoms with van der Waals surface area (Å²) in [5.41, 5.74) is 2.73. The van der Waals surface area contributed by atoms with Gasteiger partial charge in [0.05, 0.1) is 12.7 Å². The van der Waals surface area contributed by atoms with E-state index in [0.717, 1.165) is 19.3 Å². The molecule has 0 heterocycles. The number of unbranched alkanes of at least 4 members (excludes halogenated alkanes) is 1. The predicted octanol–water partition coefficient (Wildman–Crippen LogP) is 2.09. The Morgan fingerprint density at radius 2 is 2.14 bits per heavy atom. The van der Waals surface area contributed by atoms with E-state index in [0.29, 0.717) is 13.2 Å². The van der Waals surface area contributed by atoms with Crippen molar-refractivity contribution in [3.8, 4) is 0 Å². The van der Waals surface area contributed by atoms with Crippen molar-refractivity contribution >= 4 is 0 Å². The van der Waals surface area contributed by atoms with Crippen LogP contribution in [0.5, 0.6) is 0 Å². The van der Waals surface area contributed by atoms with Crippen LogP contribution >= 0.6 is 0 Å². The Hall–Kier alpha value is -0.160. The second-order valence-electron chi connectivity index (χ2n) is 3.22. The lowest BCUT2D eigenvalue weighted by Crippen LogP contribution is -2.40. The van der Waals surface area contributed by atoms with E-state index in [1.165, 1.54) is 5.17 Å². The summed E-state index contributed by atoms with van der Waals surface area (Å²) in [6, 6.07) is 0. The van der Waals surface area contributed by atoms with Crippen molar-refractivity contribution in [1.82, 2.24) is 10.8 Å². The number of nitrogens with one attached hydrogen (secondary N) is 1. The molecular weight excluding hydrogens is 180 g/mol. The normalized spacial score (nSPS) is 13.5. The molecule has 0 aromatic carbocycles. The van der Waals surface area contributed by atoms with E-state index in [1.54, 1.807) is 0 Å². The quantitative estimate of drug-likeness (QED) is 0.459. The Kier molecular flexibility index (Phi) is 9.29. The average Bonchev–Trinajstić information content (AvgIpc) is 2.22. The van der Waals surface area contributed by atoms with Crippen LogP contribution in [0, 0.1) is 6.92 Å². The van der Waals surface area contributed by atoms with Crippen molar-refractivity contribution in [2.45, 2.75) is 46.1 Å². The molecule has 4 nitrogen and oxygen atoms in total. The third-order valence-electron chi connectivity index (χ3n) is 1.88. The molecule has 0 bridgehead atoms. The van der Waals surface area contributed by atoms with Gasteiger partial charge in [-0.2, -0.15) is 0 Å². The molecule has 1 N–H and O–H groups in total. The van der Waals surface area contributed by atoms with Crippen LogP contribution in [0.2, 0.25) is 0 Å². The summed E-state index contributed by atoms with van der Waals surface area (Å²) in [5, 5.41) is 1.52. The highest BCUT2D eigenvalue weighted by Gasteiger charge is 2.04. The molecule has 1 atom stereocenters. The summed E-state index contributed by atoms with van der Waals surface area (Å²) in [7, 11) is 0. The third kappa shape index (κ3) is 7.26. The standard InChI is InChI=1S/C10H23N2O2/c1-5-8-9-13-12(7-3)11-14-10(4)6-2/h10-11H,3,5-9H2,1-2,4H3. The van der Waals surface area contributed by atoms with Crippen molar-refractivity contribution in [2.24, 2.45) is 0 Å². The second kappa shape index (κ2) is 9.40. The first-order valence-corrected chi connectivity index (χ1v) is 5.35. The first-order chi connectivity index (χ1) is 6.74. The first-order valence-electron chi connectivity index (χ1n) is 5.35. The topological polar surface area (TPSA) is 33.7 Å². The number of rotatable bonds is 9. The zero-order valence-corrected chi connectivity index (χ0v) is 9.58. The Bertz CT molecular complexity index is 123. The van der Waals surface area contributed by atoms with E-state index >= 15 is 0 Å². The van der Waals surface area contributed by atoms with Crippen molar-refractivity contribution < 1.29 is 9.68 Å². The maximum Gasteiger partial charge on any atom is 0.0777 e. The van der Waals surface area contributed by atoms with E-state index < -0.39 is 0 Å². The number of hydrogen-bond donors (Lipinski definition) is 1. The molecule has 0 saturated carbocycles. The zero-order chi connectivity index (χ0) is 10.8. The van der Waals surface area contributed by atoms with Gasteiger partial charge in [0, 0.05) is 6.54 Å². The lowest BCUT2D eigenvalue weighted by Gasteiger charge is -2.22. The van der Waals surface area contributed by atoms with E-state index in [4.69, 9.17) is 9.68 Å². The smallest absolute Gasteiger partial charge is 0.0777 e. The Morgan fingerprint density at radius 3 is 2.64 bits per heavy atom. The highest BCUT2D eigenvalue weighted by atomic mass is 16.8. The van der Waals surface area contributed by atoms with Crippen LogP contribution < -0.4 is 5.59 Å². The van der Waals surface area contributed by atoms with Crippen LogP contribution in [0.15, 0.2) is 0 Å². The van der Waals surface area contributed by atoms with Crippen LogP contribution in [-0.2, 0) is 9.68 Å². The largest absolute Gasteiger partial charge is 0.282 e. The summed E-state index contributed by atoms with van der Waals surface area (Å²) < 4.78 is 0. The molecule has 0 aliphatic heterocycles. The van der Waals surface area contributed by atoms with Gasteiger partial charge in [0.25, 0.3) is 0 Å². The van der Waals surface area contributed by atoms with Gasteiger partial charge in [0.2, 0.25) is 0 Å². The fourth-order valence-corrected chi connectivity index (χ4v) is 0.688. The minimum Gasteiger partial charge on any atom is -0.282 e. The van der Waals surface area contributed by atoms with Crippen LogP contribution in [0.25, 0.3) is 0 Å². The highest BCUT2D eigenvalue weighted by Crippen LogP contribution is 1.95. The molecule has 1 unspecified atom stereocenters. The summed E-state index contributed by atoms with van der Waals surface area (Å²) >= 11 is 0. The Balaban J connectivity index is 3.47. The van der Waals surface area contributed by atoms with Gasteiger partial charge >= 0.3 is 0 Å². The molecule has 0 aromatic heterocycles. The maximum atomic E-state index is 5.36. The van der Waals surface area contributed by atoms with E-state index in [9.17, 15) is 0 Å². The summed E-state index contributed by atoms with van der Waals surface area (Å²) in [6.45, 7) is 11.1. The fourth-order valence-electron chi connectivity index (χ4n) is 0.688. The molecule has 0 aliphatic carbocycles. The first kappa shape index (κ1) is 13.8. The van der Waals surface area contributed by atoms with Gasteiger partial charge in [-0.1, -0.05) is 20.3 Å². The molecule has 1 radical (unpaired) electrons. The minimum atomic E-state index is 0.179. The SMILES string of the molecule is [CH2]CN(NOC(C)CC)OCCCC. The molecule has 14 heavy (non-hydrogen) atoms. The molecule has 0 aromatic rings. The van der Waals surface area contributed by atoms with E-state index in [-0.39, 0.29) is 6.10 Å². The van der Waals surface area contributed by atoms with E-state index in [1.807, 2.05) is 6.92 Å². The van der Waals surface area contributed by atoms with Gasteiger partial charge in [-0.3, -0.25) is 9.68 Å². The molecule has 85 valence electrons. The fraction of sp³-hybridized carbons (Fsp3) is 0.900. The third-order valence-corrected chi connectivity index (χ3v) is 1.88. The van der Waals surface area contributed by atoms with Crippen molar-refractivity contribution in [1.29, 1.82) is 0 Å². The van der Waals surface area contributed by atoms with E-state index in [2.05, 4.69) is 26.4 Å². The van der Waals surface area contributed by atoms with Gasteiger partial charge in [0.15, 0.2) is 0 Å². The monoisotopic (exact) mass is 203 g/mol. The van der Waals surface area contributed by atoms with Crippen molar-refractivity contribution in [3.63, 3.8) is 0 Å². The van der Waals surface area contributed by atoms with Gasteiger partial charge in [0.1, 0.15) is 0 Å². The second-order valence-corrected chi connectivity index (χ2v) is 3.22. The molecular formula is C10H23N2O2. The highest BCUT2D eigenvalue weighted by molar-refractivity contribution is 4.42. The Labute approximate surface area is 87.4 Å². The predicted molar refractivity (Wildman–Crippen MR) is 56.9 cm³/mol. The molecule has 0 fully saturated rings. The number of hydrogen-bond acceptors (Lipinski definition) is 4.